The summed E-state index contributed by atoms with van der Waals surface area (Å²) in [5.74, 6) is -3.30. The Morgan fingerprint density at radius 1 is 1.03 bits per heavy atom. The Bertz CT molecular complexity index is 787. The van der Waals surface area contributed by atoms with Gasteiger partial charge < -0.3 is 42.6 Å². The van der Waals surface area contributed by atoms with Crippen LogP contribution in [0.4, 0.5) is 0 Å². The molecule has 0 saturated heterocycles. The highest BCUT2D eigenvalue weighted by Gasteiger charge is 2.30. The third kappa shape index (κ3) is 10.3. The van der Waals surface area contributed by atoms with E-state index in [1.54, 1.807) is 0 Å². The van der Waals surface area contributed by atoms with Crippen molar-refractivity contribution in [1.82, 2.24) is 25.9 Å². The van der Waals surface area contributed by atoms with Gasteiger partial charge >= 0.3 is 5.97 Å². The number of carbonyl (C=O) groups is 4. The van der Waals surface area contributed by atoms with Crippen molar-refractivity contribution in [2.75, 3.05) is 13.2 Å². The first kappa shape index (κ1) is 29.0. The maximum absolute atomic E-state index is 12.8. The van der Waals surface area contributed by atoms with Crippen molar-refractivity contribution in [2.45, 2.75) is 70.1 Å². The molecule has 10 N–H and O–H groups in total. The number of rotatable bonds is 16. The Morgan fingerprint density at radius 2 is 1.65 bits per heavy atom. The van der Waals surface area contributed by atoms with Crippen molar-refractivity contribution in [3.8, 4) is 0 Å². The Hall–Kier alpha value is -3.03. The zero-order valence-electron chi connectivity index (χ0n) is 19.6. The topological polar surface area (TPSA) is 226 Å². The fourth-order valence-electron chi connectivity index (χ4n) is 3.20. The maximum atomic E-state index is 12.8. The average molecular weight is 484 g/mol. The molecule has 13 nitrogen and oxygen atoms in total. The molecule has 0 aliphatic carbocycles. The van der Waals surface area contributed by atoms with Gasteiger partial charge in [0.15, 0.2) is 0 Å². The molecular weight excluding hydrogens is 446 g/mol. The summed E-state index contributed by atoms with van der Waals surface area (Å²) in [4.78, 5) is 56.1. The smallest absolute Gasteiger partial charge is 0.326 e. The number of hydrogen-bond donors (Lipinski definition) is 8. The number of carboxylic acids is 1. The van der Waals surface area contributed by atoms with Crippen LogP contribution in [0.5, 0.6) is 0 Å². The molecule has 192 valence electrons. The molecule has 1 aromatic heterocycles. The fraction of sp³-hybridized carbons (Fsp3) is 0.667. The van der Waals surface area contributed by atoms with Crippen molar-refractivity contribution < 1.29 is 29.4 Å². The normalized spacial score (nSPS) is 14.6. The Morgan fingerprint density at radius 3 is 2.18 bits per heavy atom. The van der Waals surface area contributed by atoms with E-state index in [-0.39, 0.29) is 25.2 Å². The minimum atomic E-state index is -1.35. The molecule has 0 aliphatic heterocycles. The summed E-state index contributed by atoms with van der Waals surface area (Å²) < 4.78 is 0. The Balaban J connectivity index is 2.82. The van der Waals surface area contributed by atoms with Gasteiger partial charge in [0.05, 0.1) is 19.0 Å². The van der Waals surface area contributed by atoms with Gasteiger partial charge in [0.1, 0.15) is 18.1 Å². The van der Waals surface area contributed by atoms with E-state index < -0.39 is 54.5 Å². The van der Waals surface area contributed by atoms with Crippen LogP contribution in [0.25, 0.3) is 0 Å². The summed E-state index contributed by atoms with van der Waals surface area (Å²) >= 11 is 0. The van der Waals surface area contributed by atoms with Gasteiger partial charge in [-0.15, -0.1) is 0 Å². The first-order valence-corrected chi connectivity index (χ1v) is 11.3. The van der Waals surface area contributed by atoms with Gasteiger partial charge in [-0.2, -0.15) is 0 Å². The highest BCUT2D eigenvalue weighted by molar-refractivity contribution is 5.94. The Labute approximate surface area is 198 Å². The number of carbonyl (C=O) groups excluding carboxylic acids is 3. The number of aliphatic hydroxyl groups excluding tert-OH is 1. The van der Waals surface area contributed by atoms with Gasteiger partial charge in [-0.1, -0.05) is 13.8 Å². The molecule has 0 bridgehead atoms. The fourth-order valence-corrected chi connectivity index (χ4v) is 3.20. The van der Waals surface area contributed by atoms with Crippen LogP contribution < -0.4 is 27.4 Å². The number of nitrogens with one attached hydrogen (secondary N) is 4. The summed E-state index contributed by atoms with van der Waals surface area (Å²) in [6, 6.07) is -4.54. The van der Waals surface area contributed by atoms with Crippen LogP contribution in [0, 0.1) is 5.92 Å². The van der Waals surface area contributed by atoms with Crippen LogP contribution in [0.15, 0.2) is 12.5 Å². The molecular formula is C21H37N7O6. The Kier molecular flexibility index (Phi) is 12.8. The number of carboxylic acid groups (broad SMARTS) is 1. The van der Waals surface area contributed by atoms with E-state index >= 15 is 0 Å². The number of aliphatic hydroxyl groups is 1. The first-order valence-electron chi connectivity index (χ1n) is 11.3. The number of H-pyrrole nitrogens is 1. The zero-order valence-corrected chi connectivity index (χ0v) is 19.6. The number of nitrogens with two attached hydrogens (primary N) is 2. The lowest BCUT2D eigenvalue weighted by Gasteiger charge is -2.25. The highest BCUT2D eigenvalue weighted by atomic mass is 16.4. The molecule has 34 heavy (non-hydrogen) atoms. The van der Waals surface area contributed by atoms with E-state index in [4.69, 9.17) is 11.5 Å². The van der Waals surface area contributed by atoms with Crippen LogP contribution in [0.3, 0.4) is 0 Å². The number of aromatic nitrogens is 2. The molecule has 0 spiro atoms. The molecule has 1 aromatic rings. The van der Waals surface area contributed by atoms with E-state index in [1.165, 1.54) is 12.5 Å². The van der Waals surface area contributed by atoms with Gasteiger partial charge in [0.25, 0.3) is 0 Å². The lowest BCUT2D eigenvalue weighted by Crippen LogP contribution is -2.58. The minimum absolute atomic E-state index is 0.0200. The van der Waals surface area contributed by atoms with Crippen molar-refractivity contribution in [1.29, 1.82) is 0 Å². The summed E-state index contributed by atoms with van der Waals surface area (Å²) in [6.07, 6.45) is 4.61. The quantitative estimate of drug-likeness (QED) is 0.121. The maximum Gasteiger partial charge on any atom is 0.326 e. The zero-order chi connectivity index (χ0) is 25.7. The minimum Gasteiger partial charge on any atom is -0.480 e. The third-order valence-corrected chi connectivity index (χ3v) is 5.05. The van der Waals surface area contributed by atoms with Gasteiger partial charge in [-0.25, -0.2) is 9.78 Å². The van der Waals surface area contributed by atoms with Crippen molar-refractivity contribution in [3.05, 3.63) is 18.2 Å². The van der Waals surface area contributed by atoms with E-state index in [0.29, 0.717) is 25.1 Å². The number of aromatic amines is 1. The van der Waals surface area contributed by atoms with E-state index in [0.717, 1.165) is 0 Å². The number of hydrogen-bond acceptors (Lipinski definition) is 8. The lowest BCUT2D eigenvalue weighted by atomic mass is 10.0. The molecule has 0 fully saturated rings. The van der Waals surface area contributed by atoms with Crippen LogP contribution in [-0.2, 0) is 25.6 Å². The standard InChI is InChI=1S/C21H37N7O6/c1-12(2)7-16(21(33)34)27-19(31)15(5-3-4-6-22)26-20(32)17(10-29)28-18(30)14(23)8-13-9-24-11-25-13/h9,11-12,14-17,29H,3-8,10,22-23H2,1-2H3,(H,24,25)(H,26,32)(H,27,31)(H,28,30)(H,33,34). The SMILES string of the molecule is CC(C)CC(NC(=O)C(CCCCN)NC(=O)C(CO)NC(=O)C(N)Cc1cnc[nH]1)C(=O)O. The lowest BCUT2D eigenvalue weighted by molar-refractivity contribution is -0.143. The molecule has 4 unspecified atom stereocenters. The molecule has 0 saturated carbocycles. The largest absolute Gasteiger partial charge is 0.480 e. The number of amides is 3. The second kappa shape index (κ2) is 15.0. The number of unbranched alkanes of at least 4 members (excludes halogenated alkanes) is 1. The second-order valence-corrected chi connectivity index (χ2v) is 8.51. The summed E-state index contributed by atoms with van der Waals surface area (Å²) in [5, 5.41) is 26.4. The van der Waals surface area contributed by atoms with E-state index in [2.05, 4.69) is 25.9 Å². The predicted octanol–water partition coefficient (Wildman–Crippen LogP) is -2.01. The monoisotopic (exact) mass is 483 g/mol. The highest BCUT2D eigenvalue weighted by Crippen LogP contribution is 2.08. The molecule has 3 amide bonds. The van der Waals surface area contributed by atoms with Crippen molar-refractivity contribution in [3.63, 3.8) is 0 Å². The predicted molar refractivity (Wildman–Crippen MR) is 123 cm³/mol. The van der Waals surface area contributed by atoms with E-state index in [9.17, 15) is 29.4 Å². The number of nitrogens with zero attached hydrogens (tertiary/aromatic N) is 1. The molecule has 0 aromatic carbocycles. The van der Waals surface area contributed by atoms with Gasteiger partial charge in [-0.05, 0) is 38.1 Å². The van der Waals surface area contributed by atoms with Crippen LogP contribution >= 0.6 is 0 Å². The molecule has 0 radical (unpaired) electrons. The molecule has 1 heterocycles. The van der Waals surface area contributed by atoms with Crippen LogP contribution in [0.2, 0.25) is 0 Å². The van der Waals surface area contributed by atoms with Crippen LogP contribution in [0.1, 0.15) is 45.2 Å². The molecule has 1 rings (SSSR count). The summed E-state index contributed by atoms with van der Waals surface area (Å²) in [6.45, 7) is 3.32. The summed E-state index contributed by atoms with van der Waals surface area (Å²) in [5.41, 5.74) is 12.0. The van der Waals surface area contributed by atoms with E-state index in [1.807, 2.05) is 13.8 Å². The van der Waals surface area contributed by atoms with Crippen molar-refractivity contribution >= 4 is 23.7 Å². The average Bonchev–Trinajstić information content (AvgIpc) is 3.28. The second-order valence-electron chi connectivity index (χ2n) is 8.51. The van der Waals surface area contributed by atoms with Gasteiger partial charge in [0, 0.05) is 18.3 Å². The van der Waals surface area contributed by atoms with Gasteiger partial charge in [0.2, 0.25) is 17.7 Å². The molecule has 0 aliphatic rings. The molecule has 4 atom stereocenters. The third-order valence-electron chi connectivity index (χ3n) is 5.05. The van der Waals surface area contributed by atoms with Crippen LogP contribution in [-0.4, -0.2) is 81.2 Å². The summed E-state index contributed by atoms with van der Waals surface area (Å²) in [7, 11) is 0. The number of imidazole rings is 1. The first-order chi connectivity index (χ1) is 16.1. The molecule has 13 heteroatoms. The van der Waals surface area contributed by atoms with Gasteiger partial charge in [-0.3, -0.25) is 14.4 Å². The van der Waals surface area contributed by atoms with Crippen molar-refractivity contribution in [2.24, 2.45) is 17.4 Å². The number of aliphatic carboxylic acids is 1.